The number of anilines is 1. The number of hydrogen-bond acceptors (Lipinski definition) is 8. The maximum absolute atomic E-state index is 14.8. The summed E-state index contributed by atoms with van der Waals surface area (Å²) in [5, 5.41) is 14.3. The number of benzene rings is 2. The lowest BCUT2D eigenvalue weighted by Crippen LogP contribution is -2.41. The fraction of sp³-hybridized carbons (Fsp3) is 0.469. The molecule has 0 radical (unpaired) electrons. The molecule has 1 saturated carbocycles. The van der Waals surface area contributed by atoms with Crippen molar-refractivity contribution in [3.05, 3.63) is 64.9 Å². The van der Waals surface area contributed by atoms with Crippen LogP contribution in [0.25, 0.3) is 11.1 Å². The van der Waals surface area contributed by atoms with E-state index in [9.17, 15) is 18.3 Å². The number of aliphatic hydroxyl groups is 1. The molecule has 2 aliphatic rings. The Morgan fingerprint density at radius 2 is 1.77 bits per heavy atom. The van der Waals surface area contributed by atoms with E-state index in [1.54, 1.807) is 61.2 Å². The van der Waals surface area contributed by atoms with E-state index in [4.69, 9.17) is 14.3 Å². The predicted octanol–water partition coefficient (Wildman–Crippen LogP) is 5.49. The lowest BCUT2D eigenvalue weighted by Gasteiger charge is -2.27. The number of aliphatic hydroxyl groups excluding tert-OH is 1. The quantitative estimate of drug-likeness (QED) is 0.269. The Morgan fingerprint density at radius 3 is 2.42 bits per heavy atom. The molecule has 1 N–H and O–H groups in total. The van der Waals surface area contributed by atoms with Gasteiger partial charge in [0.2, 0.25) is 0 Å². The fourth-order valence-electron chi connectivity index (χ4n) is 6.13. The second kappa shape index (κ2) is 12.6. The number of ether oxygens (including phenoxy) is 1. The maximum Gasteiger partial charge on any atom is 0.268 e. The van der Waals surface area contributed by atoms with Crippen LogP contribution in [0.3, 0.4) is 0 Å². The van der Waals surface area contributed by atoms with Crippen LogP contribution in [0.1, 0.15) is 74.3 Å². The number of amidine groups is 1. The molecule has 230 valence electrons. The first-order valence-electron chi connectivity index (χ1n) is 14.8. The molecule has 1 amide bonds. The molecule has 3 aromatic rings. The number of aryl methyl sites for hydroxylation is 1. The average Bonchev–Trinajstić information content (AvgIpc) is 3.69. The minimum Gasteiger partial charge on any atom is -0.392 e. The summed E-state index contributed by atoms with van der Waals surface area (Å²) in [4.78, 5) is 20.7. The van der Waals surface area contributed by atoms with Gasteiger partial charge in [-0.3, -0.25) is 14.7 Å². The van der Waals surface area contributed by atoms with E-state index in [-0.39, 0.29) is 36.5 Å². The van der Waals surface area contributed by atoms with Gasteiger partial charge in [-0.05, 0) is 49.8 Å². The summed E-state index contributed by atoms with van der Waals surface area (Å²) in [7, 11) is -2.94. The van der Waals surface area contributed by atoms with Crippen LogP contribution < -0.4 is 4.31 Å². The van der Waals surface area contributed by atoms with Crippen molar-refractivity contribution in [2.75, 3.05) is 18.1 Å². The van der Waals surface area contributed by atoms with E-state index in [1.165, 1.54) is 7.11 Å². The summed E-state index contributed by atoms with van der Waals surface area (Å²) in [5.41, 5.74) is 1.83. The molecule has 2 heterocycles. The zero-order valence-electron chi connectivity index (χ0n) is 25.3. The Kier molecular flexibility index (Phi) is 9.05. The number of carbonyl (C=O) groups excluding carboxylic acids is 1. The van der Waals surface area contributed by atoms with Crippen LogP contribution in [-0.4, -0.2) is 54.7 Å². The Morgan fingerprint density at radius 1 is 1.07 bits per heavy atom. The van der Waals surface area contributed by atoms with Crippen LogP contribution in [0.4, 0.5) is 5.82 Å². The van der Waals surface area contributed by atoms with Gasteiger partial charge in [-0.15, -0.1) is 0 Å². The molecule has 1 aliphatic carbocycles. The second-order valence-corrected chi connectivity index (χ2v) is 13.1. The number of nitrogens with zero attached hydrogens (tertiary/aromatic N) is 4. The van der Waals surface area contributed by atoms with Gasteiger partial charge in [0, 0.05) is 24.7 Å². The first-order valence-corrected chi connectivity index (χ1v) is 16.3. The largest absolute Gasteiger partial charge is 0.392 e. The highest BCUT2D eigenvalue weighted by molar-refractivity contribution is 7.93. The average molecular weight is 609 g/mol. The van der Waals surface area contributed by atoms with Gasteiger partial charge >= 0.3 is 0 Å². The monoisotopic (exact) mass is 608 g/mol. The van der Waals surface area contributed by atoms with Gasteiger partial charge in [0.15, 0.2) is 5.82 Å². The predicted molar refractivity (Wildman–Crippen MR) is 164 cm³/mol. The van der Waals surface area contributed by atoms with Crippen molar-refractivity contribution in [2.24, 2.45) is 4.99 Å². The highest BCUT2D eigenvalue weighted by Crippen LogP contribution is 2.42. The number of sulfonamides is 1. The van der Waals surface area contributed by atoms with Crippen molar-refractivity contribution in [3.8, 4) is 11.1 Å². The molecular weight excluding hydrogens is 568 g/mol. The first-order chi connectivity index (χ1) is 20.7. The van der Waals surface area contributed by atoms with Crippen molar-refractivity contribution >= 4 is 27.6 Å². The summed E-state index contributed by atoms with van der Waals surface area (Å²) in [6.07, 6.45) is 5.77. The molecule has 1 aliphatic heterocycles. The van der Waals surface area contributed by atoms with Crippen LogP contribution in [-0.2, 0) is 32.7 Å². The molecule has 5 rings (SSSR count). The Labute approximate surface area is 253 Å². The van der Waals surface area contributed by atoms with Crippen molar-refractivity contribution < 1.29 is 27.6 Å². The van der Waals surface area contributed by atoms with Crippen molar-refractivity contribution in [2.45, 2.75) is 89.3 Å². The molecule has 10 nitrogen and oxygen atoms in total. The lowest BCUT2D eigenvalue weighted by molar-refractivity contribution is -0.131. The summed E-state index contributed by atoms with van der Waals surface area (Å²) in [6.45, 7) is 5.02. The molecule has 43 heavy (non-hydrogen) atoms. The van der Waals surface area contributed by atoms with Crippen molar-refractivity contribution in [3.63, 3.8) is 0 Å². The summed E-state index contributed by atoms with van der Waals surface area (Å²) in [6, 6.07) is 12.4. The molecule has 1 fully saturated rings. The molecule has 0 saturated heterocycles. The van der Waals surface area contributed by atoms with E-state index in [2.05, 4.69) is 12.1 Å². The normalized spacial score (nSPS) is 16.3. The number of hydrogen-bond donors (Lipinski definition) is 1. The number of rotatable bonds is 12. The van der Waals surface area contributed by atoms with Crippen LogP contribution >= 0.6 is 0 Å². The van der Waals surface area contributed by atoms with Crippen LogP contribution in [0.15, 0.2) is 56.9 Å². The van der Waals surface area contributed by atoms with Crippen molar-refractivity contribution in [1.82, 2.24) is 10.1 Å². The molecule has 1 aromatic heterocycles. The molecule has 0 bridgehead atoms. The number of methoxy groups -OCH3 is 1. The molecular formula is C32H40N4O6S. The summed E-state index contributed by atoms with van der Waals surface area (Å²) < 4.78 is 41.5. The van der Waals surface area contributed by atoms with E-state index in [0.717, 1.165) is 35.8 Å². The SMILES string of the molecule is CCCCC1=NC2(CCCC2)C(=O)N1Cc1cccc(-c2ccccc2CO)c1S(=O)(=O)N(COC)c1noc(C)c1C. The van der Waals surface area contributed by atoms with Gasteiger partial charge in [-0.2, -0.15) is 0 Å². The topological polar surface area (TPSA) is 126 Å². The molecule has 2 aromatic carbocycles. The number of carbonyl (C=O) groups is 1. The highest BCUT2D eigenvalue weighted by Gasteiger charge is 2.49. The zero-order valence-corrected chi connectivity index (χ0v) is 26.1. The van der Waals surface area contributed by atoms with Gasteiger partial charge in [0.1, 0.15) is 28.8 Å². The molecule has 1 spiro atoms. The summed E-state index contributed by atoms with van der Waals surface area (Å²) >= 11 is 0. The van der Waals surface area contributed by atoms with E-state index < -0.39 is 15.6 Å². The maximum atomic E-state index is 14.8. The number of aromatic nitrogens is 1. The third kappa shape index (κ3) is 5.61. The summed E-state index contributed by atoms with van der Waals surface area (Å²) in [5.74, 6) is 1.28. The van der Waals surface area contributed by atoms with E-state index in [1.807, 2.05) is 0 Å². The minimum absolute atomic E-state index is 0.0167. The van der Waals surface area contributed by atoms with Gasteiger partial charge < -0.3 is 14.4 Å². The van der Waals surface area contributed by atoms with Crippen LogP contribution in [0, 0.1) is 13.8 Å². The standard InChI is InChI=1S/C32H40N4O6S/c1-5-6-16-28-33-32(17-9-10-18-32)31(38)35(28)19-24-13-11-15-27(26-14-8-7-12-25(26)20-37)29(24)43(39,40)36(21-41-4)30-22(2)23(3)42-34-30/h7-8,11-15,37H,5-6,9-10,16-21H2,1-4H3. The third-order valence-corrected chi connectivity index (χ3v) is 10.4. The van der Waals surface area contributed by atoms with Crippen LogP contribution in [0.5, 0.6) is 0 Å². The lowest BCUT2D eigenvalue weighted by atomic mass is 9.97. The smallest absolute Gasteiger partial charge is 0.268 e. The van der Waals surface area contributed by atoms with E-state index in [0.29, 0.717) is 52.8 Å². The van der Waals surface area contributed by atoms with Gasteiger partial charge in [0.05, 0.1) is 13.2 Å². The van der Waals surface area contributed by atoms with Gasteiger partial charge in [-0.25, -0.2) is 12.7 Å². The third-order valence-electron chi connectivity index (χ3n) is 8.55. The van der Waals surface area contributed by atoms with Crippen LogP contribution in [0.2, 0.25) is 0 Å². The minimum atomic E-state index is -4.35. The first kappa shape index (κ1) is 30.9. The second-order valence-electron chi connectivity index (χ2n) is 11.3. The Hall–Kier alpha value is -3.54. The zero-order chi connectivity index (χ0) is 30.8. The molecule has 11 heteroatoms. The van der Waals surface area contributed by atoms with E-state index >= 15 is 0 Å². The Balaban J connectivity index is 1.70. The number of amides is 1. The van der Waals surface area contributed by atoms with Crippen molar-refractivity contribution in [1.29, 1.82) is 0 Å². The van der Waals surface area contributed by atoms with Gasteiger partial charge in [-0.1, -0.05) is 73.8 Å². The molecule has 0 unspecified atom stereocenters. The fourth-order valence-corrected chi connectivity index (χ4v) is 7.91. The number of unbranched alkanes of at least 4 members (excludes halogenated alkanes) is 1. The Bertz CT molecular complexity index is 1620. The van der Waals surface area contributed by atoms with Gasteiger partial charge in [0.25, 0.3) is 15.9 Å². The highest BCUT2D eigenvalue weighted by atomic mass is 32.2. The number of aliphatic imine (C=N–C) groups is 1. The molecule has 0 atom stereocenters.